The van der Waals surface area contributed by atoms with Crippen LogP contribution in [0.15, 0.2) is 18.3 Å². The van der Waals surface area contributed by atoms with Crippen LogP contribution in [0.3, 0.4) is 0 Å². The molecule has 1 fully saturated rings. The number of hydrogen-bond donors (Lipinski definition) is 2. The maximum absolute atomic E-state index is 5.62. The molecule has 0 radical (unpaired) electrons. The number of pyridine rings is 1. The van der Waals surface area contributed by atoms with Crippen molar-refractivity contribution in [1.29, 1.82) is 0 Å². The van der Waals surface area contributed by atoms with Gasteiger partial charge in [-0.1, -0.05) is 26.8 Å². The lowest BCUT2D eigenvalue weighted by Gasteiger charge is -2.33. The lowest BCUT2D eigenvalue weighted by molar-refractivity contribution is 0.137. The maximum Gasteiger partial charge on any atom is 0.228 e. The first-order valence-electron chi connectivity index (χ1n) is 12.0. The Bertz CT molecular complexity index is 1060. The minimum Gasteiger partial charge on any atom is -0.380 e. The fraction of sp³-hybridized carbons (Fsp3) is 0.583. The molecule has 1 aliphatic heterocycles. The van der Waals surface area contributed by atoms with E-state index in [0.29, 0.717) is 25.8 Å². The number of nitrogens with zero attached hydrogens (tertiary/aromatic N) is 6. The molecule has 178 valence electrons. The minimum atomic E-state index is 0.236. The molecule has 0 aliphatic carbocycles. The van der Waals surface area contributed by atoms with Gasteiger partial charge in [0, 0.05) is 38.5 Å². The Hall–Kier alpha value is -2.78. The van der Waals surface area contributed by atoms with Crippen LogP contribution in [0.1, 0.15) is 51.3 Å². The molecule has 3 aromatic heterocycles. The molecule has 4 heterocycles. The van der Waals surface area contributed by atoms with Crippen molar-refractivity contribution in [1.82, 2.24) is 30.0 Å². The largest absolute Gasteiger partial charge is 0.380 e. The highest BCUT2D eigenvalue weighted by molar-refractivity contribution is 5.90. The second kappa shape index (κ2) is 10.4. The van der Waals surface area contributed by atoms with Crippen LogP contribution in [0.2, 0.25) is 0 Å². The van der Waals surface area contributed by atoms with Gasteiger partial charge < -0.3 is 20.3 Å². The average Bonchev–Trinajstić information content (AvgIpc) is 3.20. The quantitative estimate of drug-likeness (QED) is 0.476. The van der Waals surface area contributed by atoms with Crippen LogP contribution in [0.5, 0.6) is 0 Å². The zero-order chi connectivity index (χ0) is 23.4. The molecule has 1 saturated heterocycles. The molecule has 1 atom stereocenters. The van der Waals surface area contributed by atoms with Crippen LogP contribution in [-0.2, 0) is 11.3 Å². The Morgan fingerprint density at radius 1 is 1.24 bits per heavy atom. The van der Waals surface area contributed by atoms with Crippen molar-refractivity contribution in [3.63, 3.8) is 0 Å². The van der Waals surface area contributed by atoms with Gasteiger partial charge in [-0.15, -0.1) is 0 Å². The van der Waals surface area contributed by atoms with Crippen LogP contribution < -0.4 is 15.5 Å². The highest BCUT2D eigenvalue weighted by atomic mass is 16.5. The van der Waals surface area contributed by atoms with Crippen molar-refractivity contribution in [3.05, 3.63) is 29.6 Å². The van der Waals surface area contributed by atoms with Gasteiger partial charge in [0.2, 0.25) is 5.95 Å². The van der Waals surface area contributed by atoms with E-state index in [9.17, 15) is 0 Å². The van der Waals surface area contributed by atoms with E-state index in [-0.39, 0.29) is 5.92 Å². The minimum absolute atomic E-state index is 0.236. The summed E-state index contributed by atoms with van der Waals surface area (Å²) in [5, 5.41) is 12.0. The van der Waals surface area contributed by atoms with Crippen molar-refractivity contribution in [2.45, 2.75) is 59.5 Å². The van der Waals surface area contributed by atoms with E-state index >= 15 is 0 Å². The number of rotatable bonds is 9. The van der Waals surface area contributed by atoms with Gasteiger partial charge in [-0.25, -0.2) is 9.97 Å². The molecule has 3 aromatic rings. The van der Waals surface area contributed by atoms with Crippen molar-refractivity contribution in [2.24, 2.45) is 0 Å². The summed E-state index contributed by atoms with van der Waals surface area (Å²) < 4.78 is 7.60. The first-order valence-corrected chi connectivity index (χ1v) is 12.0. The summed E-state index contributed by atoms with van der Waals surface area (Å²) in [6.07, 6.45) is 2.93. The first kappa shape index (κ1) is 23.4. The van der Waals surface area contributed by atoms with Gasteiger partial charge in [0.25, 0.3) is 0 Å². The first-order chi connectivity index (χ1) is 16.0. The number of anilines is 3. The SMILES string of the molecule is CCOCCn1nc(C(C)C)c2nc(N3CCN[C@@H](CC)C3)nc(Nc3ccc(C)cn3)c21. The Morgan fingerprint density at radius 2 is 2.09 bits per heavy atom. The molecule has 9 heteroatoms. The van der Waals surface area contributed by atoms with Crippen molar-refractivity contribution in [3.8, 4) is 0 Å². The van der Waals surface area contributed by atoms with E-state index in [0.717, 1.165) is 65.9 Å². The molecule has 0 spiro atoms. The standard InChI is InChI=1S/C24H36N8O/c1-6-18-15-31(11-10-25-18)24-28-21-20(16(3)4)30-32(12-13-33-7-2)22(21)23(29-24)27-19-9-8-17(5)14-26-19/h8-9,14,16,18,25H,6-7,10-13,15H2,1-5H3,(H,26,27,28,29)/t18-/m0/s1. The van der Waals surface area contributed by atoms with Gasteiger partial charge in [-0.2, -0.15) is 10.1 Å². The van der Waals surface area contributed by atoms with Crippen molar-refractivity contribution < 1.29 is 4.74 Å². The number of hydrogen-bond acceptors (Lipinski definition) is 8. The average molecular weight is 453 g/mol. The highest BCUT2D eigenvalue weighted by Gasteiger charge is 2.25. The third-order valence-electron chi connectivity index (χ3n) is 5.99. The lowest BCUT2D eigenvalue weighted by atomic mass is 10.1. The molecular formula is C24H36N8O. The summed E-state index contributed by atoms with van der Waals surface area (Å²) in [7, 11) is 0. The number of nitrogens with one attached hydrogen (secondary N) is 2. The van der Waals surface area contributed by atoms with Gasteiger partial charge in [-0.05, 0) is 37.8 Å². The molecular weight excluding hydrogens is 416 g/mol. The summed E-state index contributed by atoms with van der Waals surface area (Å²) in [4.78, 5) is 16.9. The molecule has 9 nitrogen and oxygen atoms in total. The number of aryl methyl sites for hydroxylation is 1. The fourth-order valence-electron chi connectivity index (χ4n) is 4.11. The molecule has 0 saturated carbocycles. The summed E-state index contributed by atoms with van der Waals surface area (Å²) in [5.74, 6) is 2.46. The van der Waals surface area contributed by atoms with Crippen molar-refractivity contribution in [2.75, 3.05) is 43.1 Å². The summed E-state index contributed by atoms with van der Waals surface area (Å²) >= 11 is 0. The van der Waals surface area contributed by atoms with Crippen LogP contribution in [0.4, 0.5) is 17.6 Å². The second-order valence-corrected chi connectivity index (χ2v) is 8.88. The van der Waals surface area contributed by atoms with E-state index in [1.807, 2.05) is 36.9 Å². The molecule has 4 rings (SSSR count). The van der Waals surface area contributed by atoms with Crippen LogP contribution in [0.25, 0.3) is 11.0 Å². The molecule has 0 unspecified atom stereocenters. The smallest absolute Gasteiger partial charge is 0.228 e. The van der Waals surface area contributed by atoms with E-state index in [1.165, 1.54) is 0 Å². The molecule has 0 amide bonds. The van der Waals surface area contributed by atoms with E-state index in [2.05, 4.69) is 41.3 Å². The topological polar surface area (TPSA) is 93.0 Å². The summed E-state index contributed by atoms with van der Waals surface area (Å²) in [6, 6.07) is 4.46. The molecule has 33 heavy (non-hydrogen) atoms. The van der Waals surface area contributed by atoms with Gasteiger partial charge in [-0.3, -0.25) is 4.68 Å². The lowest BCUT2D eigenvalue weighted by Crippen LogP contribution is -2.51. The zero-order valence-electron chi connectivity index (χ0n) is 20.4. The van der Waals surface area contributed by atoms with E-state index in [4.69, 9.17) is 19.8 Å². The Morgan fingerprint density at radius 3 is 2.79 bits per heavy atom. The number of aromatic nitrogens is 5. The Labute approximate surface area is 196 Å². The van der Waals surface area contributed by atoms with Crippen LogP contribution >= 0.6 is 0 Å². The number of fused-ring (bicyclic) bond motifs is 1. The third kappa shape index (κ3) is 5.25. The van der Waals surface area contributed by atoms with Gasteiger partial charge in [0.05, 0.1) is 18.8 Å². The summed E-state index contributed by atoms with van der Waals surface area (Å²) in [5.41, 5.74) is 3.89. The maximum atomic E-state index is 5.62. The molecule has 2 N–H and O–H groups in total. The van der Waals surface area contributed by atoms with Crippen LogP contribution in [-0.4, -0.2) is 63.6 Å². The van der Waals surface area contributed by atoms with Gasteiger partial charge >= 0.3 is 0 Å². The highest BCUT2D eigenvalue weighted by Crippen LogP contribution is 2.31. The summed E-state index contributed by atoms with van der Waals surface area (Å²) in [6.45, 7) is 15.1. The normalized spacial score (nSPS) is 16.7. The predicted octanol–water partition coefficient (Wildman–Crippen LogP) is 3.62. The Balaban J connectivity index is 1.82. The molecule has 0 aromatic carbocycles. The fourth-order valence-corrected chi connectivity index (χ4v) is 4.11. The number of piperazine rings is 1. The Kier molecular flexibility index (Phi) is 7.39. The molecule has 0 bridgehead atoms. The molecule has 1 aliphatic rings. The van der Waals surface area contributed by atoms with E-state index in [1.54, 1.807) is 0 Å². The van der Waals surface area contributed by atoms with Crippen molar-refractivity contribution >= 4 is 28.6 Å². The van der Waals surface area contributed by atoms with Gasteiger partial charge in [0.15, 0.2) is 5.82 Å². The van der Waals surface area contributed by atoms with Gasteiger partial charge in [0.1, 0.15) is 16.9 Å². The zero-order valence-corrected chi connectivity index (χ0v) is 20.4. The second-order valence-electron chi connectivity index (χ2n) is 8.88. The third-order valence-corrected chi connectivity index (χ3v) is 5.99. The van der Waals surface area contributed by atoms with Crippen LogP contribution in [0, 0.1) is 6.92 Å². The number of ether oxygens (including phenoxy) is 1. The monoisotopic (exact) mass is 452 g/mol. The predicted molar refractivity (Wildman–Crippen MR) is 132 cm³/mol. The van der Waals surface area contributed by atoms with E-state index < -0.39 is 0 Å².